The molecular weight excluding hydrogens is 353 g/mol. The lowest BCUT2D eigenvalue weighted by molar-refractivity contribution is 0.304. The summed E-state index contributed by atoms with van der Waals surface area (Å²) in [5, 5.41) is 0. The molecule has 1 atom stereocenters. The lowest BCUT2D eigenvalue weighted by atomic mass is 10.2. The van der Waals surface area contributed by atoms with Crippen LogP contribution < -0.4 is 5.69 Å². The average molecular weight is 369 g/mol. The second-order valence-corrected chi connectivity index (χ2v) is 6.61. The van der Waals surface area contributed by atoms with Crippen molar-refractivity contribution in [1.29, 1.82) is 0 Å². The van der Waals surface area contributed by atoms with E-state index in [1.165, 1.54) is 0 Å². The molecule has 0 saturated carbocycles. The fraction of sp³-hybridized carbons (Fsp3) is 0.357. The summed E-state index contributed by atoms with van der Waals surface area (Å²) < 4.78 is 2.28. The van der Waals surface area contributed by atoms with Crippen LogP contribution in [-0.2, 0) is 0 Å². The summed E-state index contributed by atoms with van der Waals surface area (Å²) in [6.07, 6.45) is 3.17. The molecule has 1 aromatic carbocycles. The molecule has 1 unspecified atom stereocenters. The van der Waals surface area contributed by atoms with E-state index in [9.17, 15) is 4.79 Å². The summed E-state index contributed by atoms with van der Waals surface area (Å²) in [5.41, 5.74) is 2.89. The maximum absolute atomic E-state index is 12.2. The predicted octanol–water partition coefficient (Wildman–Crippen LogP) is 2.66. The number of H-pyrrole nitrogens is 1. The highest BCUT2D eigenvalue weighted by Crippen LogP contribution is 2.21. The van der Waals surface area contributed by atoms with Crippen LogP contribution in [0.3, 0.4) is 0 Å². The molecule has 1 aliphatic rings. The lowest BCUT2D eigenvalue weighted by Gasteiger charge is -2.29. The third kappa shape index (κ3) is 2.36. The largest absolute Gasteiger partial charge is 0.330 e. The zero-order valence-corrected chi connectivity index (χ0v) is 12.9. The van der Waals surface area contributed by atoms with Crippen LogP contribution in [0.15, 0.2) is 35.1 Å². The molecule has 0 bridgehead atoms. The minimum absolute atomic E-state index is 0.0459. The van der Waals surface area contributed by atoms with E-state index in [4.69, 9.17) is 0 Å². The van der Waals surface area contributed by atoms with Gasteiger partial charge in [-0.3, -0.25) is 9.47 Å². The van der Waals surface area contributed by atoms with Gasteiger partial charge in [-0.15, -0.1) is 0 Å². The molecule has 1 N–H and O–H groups in total. The van der Waals surface area contributed by atoms with Crippen LogP contribution in [0.5, 0.6) is 0 Å². The van der Waals surface area contributed by atoms with Gasteiger partial charge < -0.3 is 4.98 Å². The van der Waals surface area contributed by atoms with Gasteiger partial charge in [0.05, 0.1) is 15.1 Å². The number of fused-ring (bicyclic) bond motifs is 1. The predicted molar refractivity (Wildman–Crippen MR) is 86.5 cm³/mol. The smallest absolute Gasteiger partial charge is 0.305 e. The van der Waals surface area contributed by atoms with Crippen LogP contribution in [0, 0.1) is 0 Å². The zero-order chi connectivity index (χ0) is 13.4. The number of rotatable bonds is 2. The molecule has 0 saturated heterocycles. The van der Waals surface area contributed by atoms with Crippen LogP contribution >= 0.6 is 22.6 Å². The van der Waals surface area contributed by atoms with Gasteiger partial charge in [-0.05, 0) is 25.5 Å². The van der Waals surface area contributed by atoms with Gasteiger partial charge in [0, 0.05) is 18.8 Å². The Morgan fingerprint density at radius 3 is 2.95 bits per heavy atom. The molecule has 4 nitrogen and oxygen atoms in total. The van der Waals surface area contributed by atoms with E-state index in [1.807, 2.05) is 24.3 Å². The molecule has 1 aromatic heterocycles. The molecule has 3 rings (SSSR count). The summed E-state index contributed by atoms with van der Waals surface area (Å²) in [5.74, 6) is 0. The highest BCUT2D eigenvalue weighted by atomic mass is 127. The quantitative estimate of drug-likeness (QED) is 0.503. The van der Waals surface area contributed by atoms with Crippen molar-refractivity contribution in [1.82, 2.24) is 14.5 Å². The van der Waals surface area contributed by atoms with Gasteiger partial charge in [-0.1, -0.05) is 40.8 Å². The molecule has 2 heterocycles. The van der Waals surface area contributed by atoms with Crippen LogP contribution in [-0.4, -0.2) is 31.6 Å². The van der Waals surface area contributed by atoms with E-state index in [1.54, 1.807) is 4.57 Å². The normalized spacial score (nSPS) is 18.5. The van der Waals surface area contributed by atoms with Gasteiger partial charge in [0.25, 0.3) is 0 Å². The van der Waals surface area contributed by atoms with Crippen molar-refractivity contribution >= 4 is 39.3 Å². The number of nitrogens with zero attached hydrogens (tertiary/aromatic N) is 2. The van der Waals surface area contributed by atoms with Crippen LogP contribution in [0.25, 0.3) is 16.7 Å². The molecule has 0 aliphatic carbocycles. The number of para-hydroxylation sites is 2. The Labute approximate surface area is 125 Å². The summed E-state index contributed by atoms with van der Waals surface area (Å²) in [4.78, 5) is 17.5. The van der Waals surface area contributed by atoms with Gasteiger partial charge in [0.15, 0.2) is 0 Å². The first-order valence-corrected chi connectivity index (χ1v) is 7.68. The first-order valence-electron chi connectivity index (χ1n) is 6.44. The Kier molecular flexibility index (Phi) is 3.49. The molecule has 19 heavy (non-hydrogen) atoms. The average Bonchev–Trinajstić information content (AvgIpc) is 2.74. The Hall–Kier alpha value is -1.08. The van der Waals surface area contributed by atoms with Crippen LogP contribution in [0.2, 0.25) is 0 Å². The first-order chi connectivity index (χ1) is 9.16. The zero-order valence-electron chi connectivity index (χ0n) is 10.8. The fourth-order valence-electron chi connectivity index (χ4n) is 2.55. The summed E-state index contributed by atoms with van der Waals surface area (Å²) in [7, 11) is 0. The lowest BCUT2D eigenvalue weighted by Crippen LogP contribution is -2.36. The number of aromatic nitrogens is 2. The Morgan fingerprint density at radius 2 is 2.16 bits per heavy atom. The molecule has 100 valence electrons. The highest BCUT2D eigenvalue weighted by Gasteiger charge is 2.19. The number of aromatic amines is 1. The first kappa shape index (κ1) is 12.9. The molecular formula is C14H16IN3O. The summed E-state index contributed by atoms with van der Waals surface area (Å²) in [6, 6.07) is 7.83. The molecule has 0 radical (unpaired) electrons. The topological polar surface area (TPSA) is 41.0 Å². The number of hydrogen-bond donors (Lipinski definition) is 1. The van der Waals surface area contributed by atoms with Gasteiger partial charge in [-0.25, -0.2) is 4.79 Å². The molecule has 1 aliphatic heterocycles. The number of halogens is 1. The monoisotopic (exact) mass is 369 g/mol. The molecule has 0 amide bonds. The Morgan fingerprint density at radius 1 is 1.37 bits per heavy atom. The number of benzene rings is 1. The maximum Gasteiger partial charge on any atom is 0.330 e. The van der Waals surface area contributed by atoms with Crippen molar-refractivity contribution in [3.05, 3.63) is 40.8 Å². The van der Waals surface area contributed by atoms with Crippen molar-refractivity contribution in [3.63, 3.8) is 0 Å². The van der Waals surface area contributed by atoms with Gasteiger partial charge in [-0.2, -0.15) is 0 Å². The number of nitrogens with one attached hydrogen (secondary N) is 1. The SMILES string of the molecule is CC(I)N1CCC=C(n2c(=O)[nH]c3ccccc32)C1. The van der Waals surface area contributed by atoms with Crippen molar-refractivity contribution in [2.45, 2.75) is 17.4 Å². The van der Waals surface area contributed by atoms with Gasteiger partial charge in [0.2, 0.25) is 0 Å². The van der Waals surface area contributed by atoms with E-state index in [-0.39, 0.29) is 5.69 Å². The van der Waals surface area contributed by atoms with E-state index >= 15 is 0 Å². The molecule has 0 fully saturated rings. The van der Waals surface area contributed by atoms with E-state index in [0.29, 0.717) is 4.05 Å². The van der Waals surface area contributed by atoms with Crippen molar-refractivity contribution in [2.24, 2.45) is 0 Å². The van der Waals surface area contributed by atoms with Crippen molar-refractivity contribution in [2.75, 3.05) is 13.1 Å². The number of imidazole rings is 1. The fourth-order valence-corrected chi connectivity index (χ4v) is 3.03. The molecule has 0 spiro atoms. The standard InChI is InChI=1S/C14H16IN3O/c1-10(15)17-8-4-5-11(9-17)18-13-7-3-2-6-12(13)16-14(18)19/h2-3,5-7,10H,4,8-9H2,1H3,(H,16,19). The minimum Gasteiger partial charge on any atom is -0.305 e. The number of alkyl halides is 1. The van der Waals surface area contributed by atoms with Crippen molar-refractivity contribution < 1.29 is 0 Å². The minimum atomic E-state index is -0.0459. The van der Waals surface area contributed by atoms with E-state index < -0.39 is 0 Å². The summed E-state index contributed by atoms with van der Waals surface area (Å²) in [6.45, 7) is 4.07. The second-order valence-electron chi connectivity index (χ2n) is 4.81. The second kappa shape index (κ2) is 5.13. The summed E-state index contributed by atoms with van der Waals surface area (Å²) >= 11 is 2.42. The highest BCUT2D eigenvalue weighted by molar-refractivity contribution is 14.1. The maximum atomic E-state index is 12.2. The van der Waals surface area contributed by atoms with Gasteiger partial charge in [0.1, 0.15) is 0 Å². The van der Waals surface area contributed by atoms with Crippen LogP contribution in [0.4, 0.5) is 0 Å². The van der Waals surface area contributed by atoms with E-state index in [2.05, 4.69) is 45.5 Å². The molecule has 2 aromatic rings. The number of hydrogen-bond acceptors (Lipinski definition) is 2. The molecule has 5 heteroatoms. The Bertz CT molecular complexity index is 683. The Balaban J connectivity index is 2.07. The van der Waals surface area contributed by atoms with Crippen molar-refractivity contribution in [3.8, 4) is 0 Å². The third-order valence-corrected chi connectivity index (χ3v) is 4.33. The van der Waals surface area contributed by atoms with Gasteiger partial charge >= 0.3 is 5.69 Å². The van der Waals surface area contributed by atoms with E-state index in [0.717, 1.165) is 36.2 Å². The van der Waals surface area contributed by atoms with Crippen LogP contribution in [0.1, 0.15) is 13.3 Å². The third-order valence-electron chi connectivity index (χ3n) is 3.54.